The summed E-state index contributed by atoms with van der Waals surface area (Å²) in [6.45, 7) is 1.92. The molecule has 32 heavy (non-hydrogen) atoms. The van der Waals surface area contributed by atoms with Gasteiger partial charge >= 0.3 is 0 Å². The number of nitrogens with zero attached hydrogens (tertiary/aromatic N) is 2. The van der Waals surface area contributed by atoms with Crippen LogP contribution in [0.5, 0.6) is 5.75 Å². The molecule has 3 N–H and O–H groups in total. The molecule has 5 rings (SSSR count). The minimum atomic E-state index is -1.27. The van der Waals surface area contributed by atoms with Crippen LogP contribution in [-0.4, -0.2) is 11.9 Å². The molecule has 3 atom stereocenters. The molecule has 2 unspecified atom stereocenters. The van der Waals surface area contributed by atoms with Crippen LogP contribution in [0.1, 0.15) is 29.7 Å². The van der Waals surface area contributed by atoms with Crippen molar-refractivity contribution in [2.45, 2.75) is 18.6 Å². The number of rotatable bonds is 2. The molecule has 1 amide bonds. The molecule has 3 aromatic rings. The number of hydrogen-bond acceptors (Lipinski definition) is 5. The standard InChI is InChI=1S/C25H19FN4O2/c1-14-22(15-5-3-2-4-6-15)32-21-10-8-17(16-7-9-20(26)18(11-16)13-27)12-19(21)25(14)23(31)29-24(28)30-25/h2-12,14,22H,1H3,(H3,28,29,30,31)/t14?,22-,25?/m1/s1. The van der Waals surface area contributed by atoms with Gasteiger partial charge in [0.15, 0.2) is 11.5 Å². The number of nitrogens with one attached hydrogen (secondary N) is 1. The number of carbonyl (C=O) groups excluding carboxylic acids is 1. The number of nitriles is 1. The Hall–Kier alpha value is -4.18. The van der Waals surface area contributed by atoms with Crippen molar-refractivity contribution in [2.24, 2.45) is 16.6 Å². The summed E-state index contributed by atoms with van der Waals surface area (Å²) in [6.07, 6.45) is -0.411. The van der Waals surface area contributed by atoms with Crippen LogP contribution >= 0.6 is 0 Å². The average Bonchev–Trinajstić information content (AvgIpc) is 3.11. The molecule has 6 nitrogen and oxygen atoms in total. The van der Waals surface area contributed by atoms with Gasteiger partial charge < -0.3 is 10.5 Å². The number of ether oxygens (including phenoxy) is 1. The first-order valence-electron chi connectivity index (χ1n) is 10.2. The van der Waals surface area contributed by atoms with Crippen molar-refractivity contribution in [3.63, 3.8) is 0 Å². The second-order valence-electron chi connectivity index (χ2n) is 7.97. The number of benzene rings is 3. The van der Waals surface area contributed by atoms with E-state index in [9.17, 15) is 14.4 Å². The van der Waals surface area contributed by atoms with Crippen LogP contribution < -0.4 is 15.8 Å². The van der Waals surface area contributed by atoms with Gasteiger partial charge in [-0.1, -0.05) is 49.4 Å². The molecule has 1 spiro atoms. The van der Waals surface area contributed by atoms with E-state index in [2.05, 4.69) is 10.3 Å². The second-order valence-corrected chi connectivity index (χ2v) is 7.97. The van der Waals surface area contributed by atoms with Crippen LogP contribution in [-0.2, 0) is 10.3 Å². The van der Waals surface area contributed by atoms with Crippen LogP contribution in [0.4, 0.5) is 4.39 Å². The van der Waals surface area contributed by atoms with Crippen LogP contribution in [0.15, 0.2) is 71.7 Å². The second kappa shape index (κ2) is 7.20. The number of halogens is 1. The maximum absolute atomic E-state index is 13.8. The van der Waals surface area contributed by atoms with Gasteiger partial charge in [-0.15, -0.1) is 0 Å². The van der Waals surface area contributed by atoms with Gasteiger partial charge in [0.1, 0.15) is 23.7 Å². The third-order valence-corrected chi connectivity index (χ3v) is 6.19. The fourth-order valence-corrected chi connectivity index (χ4v) is 4.57. The van der Waals surface area contributed by atoms with Gasteiger partial charge in [0.25, 0.3) is 5.91 Å². The SMILES string of the molecule is CC1[C@H](c2ccccc2)Oc2ccc(-c3ccc(F)c(C#N)c3)cc2C12N=C(N)NC2=O. The molecule has 0 radical (unpaired) electrons. The highest BCUT2D eigenvalue weighted by atomic mass is 19.1. The Morgan fingerprint density at radius 1 is 1.12 bits per heavy atom. The zero-order valence-electron chi connectivity index (χ0n) is 17.2. The van der Waals surface area contributed by atoms with Crippen LogP contribution in [0.3, 0.4) is 0 Å². The van der Waals surface area contributed by atoms with Crippen molar-refractivity contribution in [3.05, 3.63) is 89.2 Å². The summed E-state index contributed by atoms with van der Waals surface area (Å²) >= 11 is 0. The first-order chi connectivity index (χ1) is 15.4. The van der Waals surface area contributed by atoms with E-state index in [4.69, 9.17) is 10.5 Å². The summed E-state index contributed by atoms with van der Waals surface area (Å²) in [5.74, 6) is -0.684. The number of aliphatic imine (C=N–C) groups is 1. The summed E-state index contributed by atoms with van der Waals surface area (Å²) in [4.78, 5) is 17.8. The maximum atomic E-state index is 13.8. The molecule has 0 fully saturated rings. The molecule has 0 saturated heterocycles. The Balaban J connectivity index is 1.70. The molecule has 7 heteroatoms. The molecule has 0 aromatic heterocycles. The van der Waals surface area contributed by atoms with E-state index in [1.54, 1.807) is 12.1 Å². The Morgan fingerprint density at radius 3 is 2.53 bits per heavy atom. The lowest BCUT2D eigenvalue weighted by Crippen LogP contribution is -2.48. The van der Waals surface area contributed by atoms with Crippen LogP contribution in [0, 0.1) is 23.1 Å². The van der Waals surface area contributed by atoms with Crippen molar-refractivity contribution >= 4 is 11.9 Å². The van der Waals surface area contributed by atoms with Crippen LogP contribution in [0.25, 0.3) is 11.1 Å². The lowest BCUT2D eigenvalue weighted by molar-refractivity contribution is -0.128. The van der Waals surface area contributed by atoms with Crippen molar-refractivity contribution in [2.75, 3.05) is 0 Å². The summed E-state index contributed by atoms with van der Waals surface area (Å²) in [6, 6.07) is 21.3. The number of amides is 1. The number of nitrogens with two attached hydrogens (primary N) is 1. The molecule has 2 aliphatic rings. The summed E-state index contributed by atoms with van der Waals surface area (Å²) in [5.41, 5.74) is 7.48. The lowest BCUT2D eigenvalue weighted by Gasteiger charge is -2.42. The normalized spacial score (nSPS) is 23.7. The molecule has 158 valence electrons. The molecule has 0 saturated carbocycles. The van der Waals surface area contributed by atoms with Gasteiger partial charge in [0.05, 0.1) is 5.56 Å². The molecule has 3 aromatic carbocycles. The van der Waals surface area contributed by atoms with Gasteiger partial charge in [-0.25, -0.2) is 9.38 Å². The van der Waals surface area contributed by atoms with Gasteiger partial charge in [-0.3, -0.25) is 10.1 Å². The Labute approximate surface area is 184 Å². The maximum Gasteiger partial charge on any atom is 0.259 e. The Bertz CT molecular complexity index is 1320. The first kappa shape index (κ1) is 19.8. The van der Waals surface area contributed by atoms with Crippen molar-refractivity contribution < 1.29 is 13.9 Å². The van der Waals surface area contributed by atoms with Gasteiger partial charge in [-0.05, 0) is 41.0 Å². The number of guanidine groups is 1. The zero-order valence-corrected chi connectivity index (χ0v) is 17.2. The minimum Gasteiger partial charge on any atom is -0.485 e. The average molecular weight is 426 g/mol. The molecule has 0 bridgehead atoms. The van der Waals surface area contributed by atoms with E-state index in [1.807, 2.05) is 55.5 Å². The van der Waals surface area contributed by atoms with E-state index < -0.39 is 17.5 Å². The fraction of sp³-hybridized carbons (Fsp3) is 0.160. The van der Waals surface area contributed by atoms with E-state index in [-0.39, 0.29) is 23.3 Å². The van der Waals surface area contributed by atoms with Gasteiger partial charge in [0.2, 0.25) is 0 Å². The van der Waals surface area contributed by atoms with Gasteiger partial charge in [-0.2, -0.15) is 5.26 Å². The number of fused-ring (bicyclic) bond motifs is 2. The molecule has 2 heterocycles. The summed E-state index contributed by atoms with van der Waals surface area (Å²) < 4.78 is 20.2. The van der Waals surface area contributed by atoms with Crippen molar-refractivity contribution in [1.29, 1.82) is 5.26 Å². The minimum absolute atomic E-state index is 0.0513. The smallest absolute Gasteiger partial charge is 0.259 e. The van der Waals surface area contributed by atoms with E-state index in [1.165, 1.54) is 12.1 Å². The number of hydrogen-bond donors (Lipinski definition) is 2. The summed E-state index contributed by atoms with van der Waals surface area (Å²) in [7, 11) is 0. The molecule has 2 aliphatic heterocycles. The number of carbonyl (C=O) groups is 1. The monoisotopic (exact) mass is 426 g/mol. The van der Waals surface area contributed by atoms with Crippen molar-refractivity contribution in [1.82, 2.24) is 5.32 Å². The molecular formula is C25H19FN4O2. The quantitative estimate of drug-likeness (QED) is 0.651. The van der Waals surface area contributed by atoms with E-state index in [0.29, 0.717) is 22.4 Å². The van der Waals surface area contributed by atoms with Crippen molar-refractivity contribution in [3.8, 4) is 22.9 Å². The predicted molar refractivity (Wildman–Crippen MR) is 117 cm³/mol. The highest BCUT2D eigenvalue weighted by Gasteiger charge is 2.56. The Kier molecular flexibility index (Phi) is 4.45. The highest BCUT2D eigenvalue weighted by molar-refractivity contribution is 6.08. The molecule has 0 aliphatic carbocycles. The van der Waals surface area contributed by atoms with Gasteiger partial charge in [0, 0.05) is 11.5 Å². The van der Waals surface area contributed by atoms with E-state index in [0.717, 1.165) is 5.56 Å². The largest absolute Gasteiger partial charge is 0.485 e. The van der Waals surface area contributed by atoms with E-state index >= 15 is 0 Å². The highest BCUT2D eigenvalue weighted by Crippen LogP contribution is 2.52. The Morgan fingerprint density at radius 2 is 1.84 bits per heavy atom. The lowest BCUT2D eigenvalue weighted by atomic mass is 9.72. The van der Waals surface area contributed by atoms with Crippen LogP contribution in [0.2, 0.25) is 0 Å². The molecular weight excluding hydrogens is 407 g/mol. The third kappa shape index (κ3) is 2.84. The fourth-order valence-electron chi connectivity index (χ4n) is 4.57. The predicted octanol–water partition coefficient (Wildman–Crippen LogP) is 3.77. The third-order valence-electron chi connectivity index (χ3n) is 6.19. The first-order valence-corrected chi connectivity index (χ1v) is 10.2. The summed E-state index contributed by atoms with van der Waals surface area (Å²) in [5, 5.41) is 11.8. The topological polar surface area (TPSA) is 100 Å². The zero-order chi connectivity index (χ0) is 22.5.